The molecule has 2 N–H and O–H groups in total. The fourth-order valence-electron chi connectivity index (χ4n) is 0.867. The van der Waals surface area contributed by atoms with Crippen LogP contribution in [0.15, 0.2) is 0 Å². The monoisotopic (exact) mass is 318 g/mol. The second-order valence-corrected chi connectivity index (χ2v) is 3.98. The molecule has 0 fully saturated rings. The van der Waals surface area contributed by atoms with Crippen molar-refractivity contribution in [3.8, 4) is 0 Å². The molecule has 11 heteroatoms. The molecule has 0 spiro atoms. The molecule has 116 valence electrons. The van der Waals surface area contributed by atoms with Crippen molar-refractivity contribution in [2.45, 2.75) is 24.8 Å². The van der Waals surface area contributed by atoms with E-state index in [1.54, 1.807) is 0 Å². The Morgan fingerprint density at radius 1 is 1.25 bits per heavy atom. The van der Waals surface area contributed by atoms with E-state index in [0.29, 0.717) is 0 Å². The van der Waals surface area contributed by atoms with E-state index in [-0.39, 0.29) is 6.54 Å². The van der Waals surface area contributed by atoms with Crippen LogP contribution < -0.4 is 10.6 Å². The van der Waals surface area contributed by atoms with Crippen molar-refractivity contribution in [2.75, 3.05) is 13.6 Å². The number of ether oxygens (including phenoxy) is 2. The summed E-state index contributed by atoms with van der Waals surface area (Å²) in [6.07, 6.45) is -7.16. The molecule has 0 aliphatic heterocycles. The molecule has 20 heavy (non-hydrogen) atoms. The van der Waals surface area contributed by atoms with Gasteiger partial charge in [0.25, 0.3) is 6.23 Å². The van der Waals surface area contributed by atoms with Crippen molar-refractivity contribution in [1.29, 1.82) is 0 Å². The lowest BCUT2D eigenvalue weighted by molar-refractivity contribution is -0.209. The molecule has 0 aromatic heterocycles. The third-order valence-electron chi connectivity index (χ3n) is 1.71. The van der Waals surface area contributed by atoms with Gasteiger partial charge in [0.1, 0.15) is 0 Å². The molecule has 2 atom stereocenters. The highest BCUT2D eigenvalue weighted by Gasteiger charge is 2.43. The number of halogens is 3. The third-order valence-corrected chi connectivity index (χ3v) is 2.00. The van der Waals surface area contributed by atoms with E-state index < -0.39 is 35.7 Å². The van der Waals surface area contributed by atoms with E-state index in [9.17, 15) is 27.6 Å². The summed E-state index contributed by atoms with van der Waals surface area (Å²) in [7, 11) is 1.09. The lowest BCUT2D eigenvalue weighted by Crippen LogP contribution is -2.44. The Bertz CT molecular complexity index is 377. The summed E-state index contributed by atoms with van der Waals surface area (Å²) in [5.41, 5.74) is -1.10. The fourth-order valence-corrected chi connectivity index (χ4v) is 1.06. The smallest absolute Gasteiger partial charge is 0.446 e. The largest absolute Gasteiger partial charge is 0.491 e. The highest BCUT2D eigenvalue weighted by molar-refractivity contribution is 7.80. The number of hydrogen-bond acceptors (Lipinski definition) is 7. The van der Waals surface area contributed by atoms with Crippen LogP contribution in [0, 0.1) is 0 Å². The zero-order chi connectivity index (χ0) is 15.9. The number of carbonyl (C=O) groups excluding carboxylic acids is 3. The lowest BCUT2D eigenvalue weighted by Gasteiger charge is -2.19. The standard InChI is InChI=1S/C9H13F3N2O5S/c1-4(15)14-3-5(20)18-7(16)6(13-2)19-8(17)9(10,11)12/h5-6,13,20H,3H2,1-2H3,(H,14,15). The number of thiol groups is 1. The van der Waals surface area contributed by atoms with Crippen molar-refractivity contribution in [3.05, 3.63) is 0 Å². The minimum Gasteiger partial charge on any atom is -0.446 e. The van der Waals surface area contributed by atoms with Crippen LogP contribution in [0.5, 0.6) is 0 Å². The second-order valence-electron chi connectivity index (χ2n) is 3.40. The highest BCUT2D eigenvalue weighted by atomic mass is 32.1. The average Bonchev–Trinajstić information content (AvgIpc) is 2.31. The molecular weight excluding hydrogens is 305 g/mol. The molecule has 1 amide bonds. The topological polar surface area (TPSA) is 93.7 Å². The van der Waals surface area contributed by atoms with E-state index >= 15 is 0 Å². The summed E-state index contributed by atoms with van der Waals surface area (Å²) in [5, 5.41) is 4.31. The Morgan fingerprint density at radius 3 is 2.20 bits per heavy atom. The fraction of sp³-hybridized carbons (Fsp3) is 0.667. The number of rotatable bonds is 6. The van der Waals surface area contributed by atoms with Crippen molar-refractivity contribution in [1.82, 2.24) is 10.6 Å². The van der Waals surface area contributed by atoms with Gasteiger partial charge in [-0.25, -0.2) is 9.59 Å². The number of amides is 1. The van der Waals surface area contributed by atoms with E-state index in [0.717, 1.165) is 7.05 Å². The normalized spacial score (nSPS) is 14.1. The molecule has 7 nitrogen and oxygen atoms in total. The summed E-state index contributed by atoms with van der Waals surface area (Å²) in [6, 6.07) is 0. The van der Waals surface area contributed by atoms with Crippen LogP contribution in [-0.2, 0) is 23.9 Å². The second kappa shape index (κ2) is 7.94. The molecule has 0 rings (SSSR count). The van der Waals surface area contributed by atoms with Crippen molar-refractivity contribution in [3.63, 3.8) is 0 Å². The number of likely N-dealkylation sites (N-methyl/N-ethyl adjacent to an activating group) is 1. The van der Waals surface area contributed by atoms with Crippen LogP contribution in [0.1, 0.15) is 6.92 Å². The summed E-state index contributed by atoms with van der Waals surface area (Å²) < 4.78 is 44.3. The number of nitrogens with one attached hydrogen (secondary N) is 2. The van der Waals surface area contributed by atoms with E-state index in [1.807, 2.05) is 5.32 Å². The summed E-state index contributed by atoms with van der Waals surface area (Å²) in [4.78, 5) is 32.6. The number of carbonyl (C=O) groups is 3. The molecule has 0 aliphatic carbocycles. The average molecular weight is 318 g/mol. The summed E-state index contributed by atoms with van der Waals surface area (Å²) in [5.74, 6) is -4.23. The molecule has 0 saturated heterocycles. The number of hydrogen-bond donors (Lipinski definition) is 3. The first-order valence-corrected chi connectivity index (χ1v) is 5.67. The van der Waals surface area contributed by atoms with Crippen molar-refractivity contribution < 1.29 is 37.0 Å². The maximum atomic E-state index is 12.0. The van der Waals surface area contributed by atoms with Crippen molar-refractivity contribution >= 4 is 30.5 Å². The van der Waals surface area contributed by atoms with Crippen LogP contribution in [0.2, 0.25) is 0 Å². The van der Waals surface area contributed by atoms with Gasteiger partial charge in [0, 0.05) is 6.92 Å². The molecule has 0 aromatic carbocycles. The molecule has 0 heterocycles. The molecule has 0 saturated carbocycles. The Kier molecular flexibility index (Phi) is 7.35. The SMILES string of the molecule is CNC(OC(=O)C(F)(F)F)C(=O)OC(S)CNC(C)=O. The first kappa shape index (κ1) is 18.5. The molecule has 0 bridgehead atoms. The Balaban J connectivity index is 4.41. The van der Waals surface area contributed by atoms with Gasteiger partial charge in [0.2, 0.25) is 5.91 Å². The number of alkyl halides is 3. The van der Waals surface area contributed by atoms with Crippen LogP contribution >= 0.6 is 12.6 Å². The quantitative estimate of drug-likeness (QED) is 0.350. The van der Waals surface area contributed by atoms with E-state index in [2.05, 4.69) is 27.4 Å². The first-order chi connectivity index (χ1) is 9.07. The lowest BCUT2D eigenvalue weighted by atomic mass is 10.5. The maximum Gasteiger partial charge on any atom is 0.491 e. The zero-order valence-corrected chi connectivity index (χ0v) is 11.4. The summed E-state index contributed by atoms with van der Waals surface area (Å²) in [6.45, 7) is 1.05. The molecular formula is C9H13F3N2O5S. The highest BCUT2D eigenvalue weighted by Crippen LogP contribution is 2.17. The van der Waals surface area contributed by atoms with Gasteiger partial charge in [-0.1, -0.05) is 0 Å². The molecule has 2 unspecified atom stereocenters. The van der Waals surface area contributed by atoms with Crippen LogP contribution in [0.25, 0.3) is 0 Å². The summed E-state index contributed by atoms with van der Waals surface area (Å²) >= 11 is 3.78. The van der Waals surface area contributed by atoms with Gasteiger partial charge in [-0.2, -0.15) is 13.2 Å². The Morgan fingerprint density at radius 2 is 1.80 bits per heavy atom. The Hall–Kier alpha value is -1.49. The van der Waals surface area contributed by atoms with Crippen LogP contribution in [0.3, 0.4) is 0 Å². The van der Waals surface area contributed by atoms with Gasteiger partial charge in [0.05, 0.1) is 6.54 Å². The van der Waals surface area contributed by atoms with Crippen LogP contribution in [0.4, 0.5) is 13.2 Å². The van der Waals surface area contributed by atoms with Gasteiger partial charge in [-0.3, -0.25) is 10.1 Å². The molecule has 0 aliphatic rings. The van der Waals surface area contributed by atoms with Gasteiger partial charge in [-0.05, 0) is 7.05 Å². The van der Waals surface area contributed by atoms with Gasteiger partial charge in [0.15, 0.2) is 5.44 Å². The maximum absolute atomic E-state index is 12.0. The predicted octanol–water partition coefficient (Wildman–Crippen LogP) is -0.427. The minimum atomic E-state index is -5.23. The zero-order valence-electron chi connectivity index (χ0n) is 10.5. The van der Waals surface area contributed by atoms with Crippen LogP contribution in [-0.4, -0.2) is 49.3 Å². The van der Waals surface area contributed by atoms with Crippen molar-refractivity contribution in [2.24, 2.45) is 0 Å². The van der Waals surface area contributed by atoms with Gasteiger partial charge in [-0.15, -0.1) is 12.6 Å². The van der Waals surface area contributed by atoms with Gasteiger partial charge < -0.3 is 14.8 Å². The minimum absolute atomic E-state index is 0.159. The van der Waals surface area contributed by atoms with E-state index in [1.165, 1.54) is 6.92 Å². The number of esters is 2. The Labute approximate surface area is 117 Å². The molecule has 0 aromatic rings. The molecule has 0 radical (unpaired) electrons. The first-order valence-electron chi connectivity index (χ1n) is 5.16. The third kappa shape index (κ3) is 7.19. The van der Waals surface area contributed by atoms with Gasteiger partial charge >= 0.3 is 18.1 Å². The predicted molar refractivity (Wildman–Crippen MR) is 62.5 cm³/mol. The van der Waals surface area contributed by atoms with E-state index in [4.69, 9.17) is 0 Å².